The van der Waals surface area contributed by atoms with Crippen molar-refractivity contribution in [2.45, 2.75) is 58.1 Å². The summed E-state index contributed by atoms with van der Waals surface area (Å²) in [6.45, 7) is 5.20. The topological polar surface area (TPSA) is 36.4 Å². The van der Waals surface area contributed by atoms with E-state index >= 15 is 0 Å². The number of hydrogen-bond donors (Lipinski definition) is 1. The Morgan fingerprint density at radius 3 is 2.56 bits per heavy atom. The molecule has 1 aromatic heterocycles. The first-order valence-electron chi connectivity index (χ1n) is 7.17. The van der Waals surface area contributed by atoms with Gasteiger partial charge in [-0.2, -0.15) is 0 Å². The summed E-state index contributed by atoms with van der Waals surface area (Å²) in [6.07, 6.45) is 7.49. The molecule has 18 heavy (non-hydrogen) atoms. The monoisotopic (exact) mass is 248 g/mol. The number of aliphatic hydroxyl groups is 1. The molecule has 3 heteroatoms. The Morgan fingerprint density at radius 1 is 1.33 bits per heavy atom. The van der Waals surface area contributed by atoms with E-state index in [2.05, 4.69) is 22.9 Å². The van der Waals surface area contributed by atoms with Crippen LogP contribution in [0.25, 0.3) is 0 Å². The zero-order valence-corrected chi connectivity index (χ0v) is 11.5. The summed E-state index contributed by atoms with van der Waals surface area (Å²) in [5, 5.41) is 9.75. The van der Waals surface area contributed by atoms with Crippen LogP contribution in [-0.2, 0) is 0 Å². The first-order chi connectivity index (χ1) is 8.76. The zero-order valence-electron chi connectivity index (χ0n) is 11.5. The second-order valence-electron chi connectivity index (χ2n) is 5.09. The molecule has 2 rings (SSSR count). The van der Waals surface area contributed by atoms with Crippen molar-refractivity contribution in [2.24, 2.45) is 0 Å². The molecule has 0 bridgehead atoms. The first kappa shape index (κ1) is 13.3. The van der Waals surface area contributed by atoms with Crippen molar-refractivity contribution in [3.8, 4) is 0 Å². The van der Waals surface area contributed by atoms with Gasteiger partial charge in [-0.3, -0.25) is 4.98 Å². The Balaban J connectivity index is 2.11. The standard InChI is InChI=1S/C15H24N2O/c1-3-15(18)14-10-9-13(11-16-14)17(4-2)12-7-5-6-8-12/h9-12,15,18H,3-8H2,1-2H3/t15-/m0/s1. The predicted octanol–water partition coefficient (Wildman–Crippen LogP) is 3.29. The second kappa shape index (κ2) is 6.19. The molecule has 1 atom stereocenters. The van der Waals surface area contributed by atoms with Crippen LogP contribution in [0.3, 0.4) is 0 Å². The maximum absolute atomic E-state index is 9.75. The van der Waals surface area contributed by atoms with Crippen LogP contribution in [-0.4, -0.2) is 22.7 Å². The van der Waals surface area contributed by atoms with Crippen LogP contribution in [0.5, 0.6) is 0 Å². The molecule has 1 heterocycles. The van der Waals surface area contributed by atoms with E-state index in [1.54, 1.807) is 0 Å². The lowest BCUT2D eigenvalue weighted by atomic mass is 10.1. The number of aliphatic hydroxyl groups excluding tert-OH is 1. The molecule has 1 fully saturated rings. The fourth-order valence-electron chi connectivity index (χ4n) is 2.84. The van der Waals surface area contributed by atoms with Crippen LogP contribution in [0, 0.1) is 0 Å². The minimum atomic E-state index is -0.430. The van der Waals surface area contributed by atoms with Crippen LogP contribution >= 0.6 is 0 Å². The van der Waals surface area contributed by atoms with Gasteiger partial charge in [0.15, 0.2) is 0 Å². The maximum Gasteiger partial charge on any atom is 0.0957 e. The fourth-order valence-corrected chi connectivity index (χ4v) is 2.84. The molecular formula is C15H24N2O. The minimum absolute atomic E-state index is 0.430. The molecule has 1 saturated carbocycles. The van der Waals surface area contributed by atoms with E-state index in [-0.39, 0.29) is 0 Å². The fraction of sp³-hybridized carbons (Fsp3) is 0.667. The quantitative estimate of drug-likeness (QED) is 0.868. The van der Waals surface area contributed by atoms with Gasteiger partial charge in [0, 0.05) is 12.6 Å². The third-order valence-electron chi connectivity index (χ3n) is 3.94. The van der Waals surface area contributed by atoms with Crippen molar-refractivity contribution in [3.63, 3.8) is 0 Å². The second-order valence-corrected chi connectivity index (χ2v) is 5.09. The first-order valence-corrected chi connectivity index (χ1v) is 7.17. The molecule has 0 unspecified atom stereocenters. The summed E-state index contributed by atoms with van der Waals surface area (Å²) >= 11 is 0. The third kappa shape index (κ3) is 2.83. The zero-order chi connectivity index (χ0) is 13.0. The SMILES string of the molecule is CC[C@H](O)c1ccc(N(CC)C2CCCC2)cn1. The van der Waals surface area contributed by atoms with Gasteiger partial charge < -0.3 is 10.0 Å². The van der Waals surface area contributed by atoms with Gasteiger partial charge in [-0.15, -0.1) is 0 Å². The van der Waals surface area contributed by atoms with Crippen molar-refractivity contribution in [1.82, 2.24) is 4.98 Å². The van der Waals surface area contributed by atoms with Crippen LogP contribution in [0.1, 0.15) is 57.7 Å². The Bertz CT molecular complexity index is 357. The minimum Gasteiger partial charge on any atom is -0.387 e. The van der Waals surface area contributed by atoms with Gasteiger partial charge in [-0.1, -0.05) is 19.8 Å². The molecule has 1 aliphatic rings. The number of anilines is 1. The highest BCUT2D eigenvalue weighted by Gasteiger charge is 2.21. The van der Waals surface area contributed by atoms with Gasteiger partial charge in [-0.05, 0) is 38.3 Å². The van der Waals surface area contributed by atoms with Crippen molar-refractivity contribution in [1.29, 1.82) is 0 Å². The molecule has 0 radical (unpaired) electrons. The smallest absolute Gasteiger partial charge is 0.0957 e. The largest absolute Gasteiger partial charge is 0.387 e. The summed E-state index contributed by atoms with van der Waals surface area (Å²) in [4.78, 5) is 6.84. The summed E-state index contributed by atoms with van der Waals surface area (Å²) in [6, 6.07) is 4.74. The van der Waals surface area contributed by atoms with E-state index in [1.807, 2.05) is 19.2 Å². The van der Waals surface area contributed by atoms with Gasteiger partial charge in [0.25, 0.3) is 0 Å². The number of nitrogens with zero attached hydrogens (tertiary/aromatic N) is 2. The van der Waals surface area contributed by atoms with Crippen LogP contribution < -0.4 is 4.90 Å². The highest BCUT2D eigenvalue weighted by molar-refractivity contribution is 5.46. The van der Waals surface area contributed by atoms with Crippen LogP contribution in [0.15, 0.2) is 18.3 Å². The average Bonchev–Trinajstić information content (AvgIpc) is 2.93. The lowest BCUT2D eigenvalue weighted by Gasteiger charge is -2.29. The molecule has 100 valence electrons. The summed E-state index contributed by atoms with van der Waals surface area (Å²) in [5.74, 6) is 0. The highest BCUT2D eigenvalue weighted by atomic mass is 16.3. The number of pyridine rings is 1. The van der Waals surface area contributed by atoms with Crippen molar-refractivity contribution in [3.05, 3.63) is 24.0 Å². The Labute approximate surface area is 110 Å². The van der Waals surface area contributed by atoms with Crippen molar-refractivity contribution >= 4 is 5.69 Å². The molecule has 0 aromatic carbocycles. The Morgan fingerprint density at radius 2 is 2.06 bits per heavy atom. The molecule has 0 spiro atoms. The highest BCUT2D eigenvalue weighted by Crippen LogP contribution is 2.28. The van der Waals surface area contributed by atoms with E-state index in [4.69, 9.17) is 0 Å². The van der Waals surface area contributed by atoms with E-state index in [0.29, 0.717) is 12.5 Å². The molecular weight excluding hydrogens is 224 g/mol. The van der Waals surface area contributed by atoms with Crippen molar-refractivity contribution < 1.29 is 5.11 Å². The van der Waals surface area contributed by atoms with Gasteiger partial charge in [0.2, 0.25) is 0 Å². The molecule has 0 amide bonds. The van der Waals surface area contributed by atoms with Gasteiger partial charge >= 0.3 is 0 Å². The lowest BCUT2D eigenvalue weighted by molar-refractivity contribution is 0.169. The average molecular weight is 248 g/mol. The lowest BCUT2D eigenvalue weighted by Crippen LogP contribution is -2.33. The predicted molar refractivity (Wildman–Crippen MR) is 74.8 cm³/mol. The van der Waals surface area contributed by atoms with E-state index < -0.39 is 6.10 Å². The van der Waals surface area contributed by atoms with Crippen LogP contribution in [0.4, 0.5) is 5.69 Å². The Hall–Kier alpha value is -1.09. The van der Waals surface area contributed by atoms with Gasteiger partial charge in [0.05, 0.1) is 23.7 Å². The number of hydrogen-bond acceptors (Lipinski definition) is 3. The number of aromatic nitrogens is 1. The maximum atomic E-state index is 9.75. The summed E-state index contributed by atoms with van der Waals surface area (Å²) < 4.78 is 0. The van der Waals surface area contributed by atoms with Gasteiger partial charge in [-0.25, -0.2) is 0 Å². The van der Waals surface area contributed by atoms with Crippen molar-refractivity contribution in [2.75, 3.05) is 11.4 Å². The molecule has 1 N–H and O–H groups in total. The molecule has 0 saturated heterocycles. The summed E-state index contributed by atoms with van der Waals surface area (Å²) in [7, 11) is 0. The Kier molecular flexibility index (Phi) is 4.59. The van der Waals surface area contributed by atoms with E-state index in [9.17, 15) is 5.11 Å². The van der Waals surface area contributed by atoms with Crippen LogP contribution in [0.2, 0.25) is 0 Å². The summed E-state index contributed by atoms with van der Waals surface area (Å²) in [5.41, 5.74) is 1.97. The molecule has 1 aliphatic carbocycles. The number of rotatable bonds is 5. The molecule has 1 aromatic rings. The molecule has 3 nitrogen and oxygen atoms in total. The normalized spacial score (nSPS) is 17.9. The molecule has 0 aliphatic heterocycles. The third-order valence-corrected chi connectivity index (χ3v) is 3.94. The van der Waals surface area contributed by atoms with E-state index in [0.717, 1.165) is 12.2 Å². The van der Waals surface area contributed by atoms with Gasteiger partial charge in [0.1, 0.15) is 0 Å². The van der Waals surface area contributed by atoms with E-state index in [1.165, 1.54) is 31.4 Å².